The number of phenols is 1. The molecule has 0 bridgehead atoms. The maximum absolute atomic E-state index is 11.1. The Morgan fingerprint density at radius 3 is 2.67 bits per heavy atom. The molecule has 0 aromatic heterocycles. The Bertz CT molecular complexity index is 359. The predicted molar refractivity (Wildman–Crippen MR) is 62.0 cm³/mol. The smallest absolute Gasteiger partial charge is 0.327 e. The van der Waals surface area contributed by atoms with Gasteiger partial charge in [-0.05, 0) is 12.1 Å². The minimum atomic E-state index is -0.951. The van der Waals surface area contributed by atoms with Crippen LogP contribution in [0.4, 0.5) is 0 Å². The summed E-state index contributed by atoms with van der Waals surface area (Å²) in [6.07, 6.45) is 0. The van der Waals surface area contributed by atoms with Gasteiger partial charge in [0.1, 0.15) is 11.8 Å². The van der Waals surface area contributed by atoms with Crippen molar-refractivity contribution in [3.8, 4) is 5.75 Å². The highest BCUT2D eigenvalue weighted by molar-refractivity contribution is 9.10. The molecule has 0 saturated carbocycles. The van der Waals surface area contributed by atoms with Crippen molar-refractivity contribution in [2.75, 3.05) is 7.11 Å². The molecule has 1 aromatic carbocycles. The standard InChI is InChI=1S/C9H10BrNO3.ClH/c1-14-9(13)8(11)6-3-2-5(10)4-7(6)12;/h2-4,8,12H,11H2,1H3;1H/t8-;/m0./s1. The molecule has 15 heavy (non-hydrogen) atoms. The number of hydrogen-bond acceptors (Lipinski definition) is 4. The number of ether oxygens (including phenoxy) is 1. The number of benzene rings is 1. The van der Waals surface area contributed by atoms with Gasteiger partial charge in [0.15, 0.2) is 0 Å². The summed E-state index contributed by atoms with van der Waals surface area (Å²) in [6, 6.07) is 3.78. The molecule has 0 aliphatic rings. The van der Waals surface area contributed by atoms with Crippen LogP contribution in [0.1, 0.15) is 11.6 Å². The van der Waals surface area contributed by atoms with Crippen molar-refractivity contribution in [2.45, 2.75) is 6.04 Å². The van der Waals surface area contributed by atoms with E-state index in [0.717, 1.165) is 4.47 Å². The predicted octanol–water partition coefficient (Wildman–Crippen LogP) is 1.75. The van der Waals surface area contributed by atoms with Gasteiger partial charge >= 0.3 is 5.97 Å². The van der Waals surface area contributed by atoms with E-state index >= 15 is 0 Å². The van der Waals surface area contributed by atoms with Crippen LogP contribution in [0.25, 0.3) is 0 Å². The van der Waals surface area contributed by atoms with Crippen LogP contribution in [0, 0.1) is 0 Å². The van der Waals surface area contributed by atoms with Gasteiger partial charge in [-0.15, -0.1) is 12.4 Å². The van der Waals surface area contributed by atoms with Crippen LogP contribution >= 0.6 is 28.3 Å². The summed E-state index contributed by atoms with van der Waals surface area (Å²) < 4.78 is 5.18. The molecule has 84 valence electrons. The van der Waals surface area contributed by atoms with Crippen molar-refractivity contribution in [2.24, 2.45) is 5.73 Å². The molecular weight excluding hydrogens is 285 g/mol. The van der Waals surface area contributed by atoms with Gasteiger partial charge in [0.2, 0.25) is 0 Å². The molecule has 0 radical (unpaired) electrons. The summed E-state index contributed by atoms with van der Waals surface area (Å²) in [4.78, 5) is 11.1. The van der Waals surface area contributed by atoms with Crippen molar-refractivity contribution in [1.29, 1.82) is 0 Å². The van der Waals surface area contributed by atoms with Gasteiger partial charge in [-0.3, -0.25) is 4.79 Å². The first-order chi connectivity index (χ1) is 6.56. The van der Waals surface area contributed by atoms with Gasteiger partial charge in [-0.1, -0.05) is 22.0 Å². The number of halogens is 2. The van der Waals surface area contributed by atoms with E-state index in [2.05, 4.69) is 20.7 Å². The Morgan fingerprint density at radius 1 is 1.60 bits per heavy atom. The molecule has 4 nitrogen and oxygen atoms in total. The molecular formula is C9H11BrClNO3. The average Bonchev–Trinajstić information content (AvgIpc) is 2.15. The third kappa shape index (κ3) is 3.37. The second-order valence-corrected chi connectivity index (χ2v) is 3.62. The first kappa shape index (κ1) is 14.2. The lowest BCUT2D eigenvalue weighted by Gasteiger charge is -2.11. The molecule has 1 aromatic rings. The summed E-state index contributed by atoms with van der Waals surface area (Å²) in [6.45, 7) is 0. The topological polar surface area (TPSA) is 72.5 Å². The van der Waals surface area contributed by atoms with E-state index in [4.69, 9.17) is 5.73 Å². The lowest BCUT2D eigenvalue weighted by Crippen LogP contribution is -2.22. The normalized spacial score (nSPS) is 11.4. The summed E-state index contributed by atoms with van der Waals surface area (Å²) in [5, 5.41) is 9.49. The highest BCUT2D eigenvalue weighted by atomic mass is 79.9. The molecule has 1 atom stereocenters. The van der Waals surface area contributed by atoms with Crippen molar-refractivity contribution >= 4 is 34.3 Å². The third-order valence-electron chi connectivity index (χ3n) is 1.78. The number of phenolic OH excluding ortho intramolecular Hbond substituents is 1. The number of carbonyl (C=O) groups is 1. The summed E-state index contributed by atoms with van der Waals surface area (Å²) in [5.41, 5.74) is 5.90. The van der Waals surface area contributed by atoms with E-state index in [9.17, 15) is 9.90 Å². The van der Waals surface area contributed by atoms with Gasteiger partial charge in [0.05, 0.1) is 7.11 Å². The van der Waals surface area contributed by atoms with E-state index in [1.54, 1.807) is 12.1 Å². The van der Waals surface area contributed by atoms with E-state index < -0.39 is 12.0 Å². The Kier molecular flexibility index (Phi) is 5.64. The highest BCUT2D eigenvalue weighted by Gasteiger charge is 2.19. The minimum absolute atomic E-state index is 0. The van der Waals surface area contributed by atoms with Crippen molar-refractivity contribution < 1.29 is 14.6 Å². The Labute approximate surface area is 102 Å². The van der Waals surface area contributed by atoms with Gasteiger partial charge in [-0.2, -0.15) is 0 Å². The first-order valence-corrected chi connectivity index (χ1v) is 4.67. The maximum Gasteiger partial charge on any atom is 0.327 e. The number of hydrogen-bond donors (Lipinski definition) is 2. The molecule has 0 amide bonds. The average molecular weight is 297 g/mol. The molecule has 0 unspecified atom stereocenters. The number of nitrogens with two attached hydrogens (primary N) is 1. The molecule has 6 heteroatoms. The first-order valence-electron chi connectivity index (χ1n) is 3.88. The van der Waals surface area contributed by atoms with Crippen LogP contribution in [0.5, 0.6) is 5.75 Å². The van der Waals surface area contributed by atoms with E-state index in [1.807, 2.05) is 0 Å². The van der Waals surface area contributed by atoms with Gasteiger partial charge in [-0.25, -0.2) is 0 Å². The van der Waals surface area contributed by atoms with Gasteiger partial charge in [0, 0.05) is 10.0 Å². The fourth-order valence-electron chi connectivity index (χ4n) is 1.03. The maximum atomic E-state index is 11.1. The summed E-state index contributed by atoms with van der Waals surface area (Å²) in [5.74, 6) is -0.611. The molecule has 3 N–H and O–H groups in total. The fourth-order valence-corrected chi connectivity index (χ4v) is 1.38. The number of rotatable bonds is 2. The van der Waals surface area contributed by atoms with Crippen LogP contribution in [-0.4, -0.2) is 18.2 Å². The van der Waals surface area contributed by atoms with Crippen molar-refractivity contribution in [3.05, 3.63) is 28.2 Å². The van der Waals surface area contributed by atoms with Gasteiger partial charge in [0.25, 0.3) is 0 Å². The molecule has 0 aliphatic carbocycles. The highest BCUT2D eigenvalue weighted by Crippen LogP contribution is 2.26. The second-order valence-electron chi connectivity index (χ2n) is 2.70. The zero-order valence-electron chi connectivity index (χ0n) is 7.94. The number of carbonyl (C=O) groups excluding carboxylic acids is 1. The molecule has 0 fully saturated rings. The lowest BCUT2D eigenvalue weighted by atomic mass is 10.1. The van der Waals surface area contributed by atoms with Crippen LogP contribution in [0.2, 0.25) is 0 Å². The Hall–Kier alpha value is -0.780. The van der Waals surface area contributed by atoms with Crippen LogP contribution in [0.3, 0.4) is 0 Å². The van der Waals surface area contributed by atoms with E-state index in [0.29, 0.717) is 5.56 Å². The number of esters is 1. The van der Waals surface area contributed by atoms with Crippen LogP contribution < -0.4 is 5.73 Å². The van der Waals surface area contributed by atoms with Gasteiger partial charge < -0.3 is 15.6 Å². The third-order valence-corrected chi connectivity index (χ3v) is 2.28. The van der Waals surface area contributed by atoms with Crippen LogP contribution in [0.15, 0.2) is 22.7 Å². The monoisotopic (exact) mass is 295 g/mol. The molecule has 0 saturated heterocycles. The lowest BCUT2D eigenvalue weighted by molar-refractivity contribution is -0.142. The number of methoxy groups -OCH3 is 1. The van der Waals surface area contributed by atoms with E-state index in [-0.39, 0.29) is 18.2 Å². The quantitative estimate of drug-likeness (QED) is 0.816. The summed E-state index contributed by atoms with van der Waals surface area (Å²) >= 11 is 3.18. The minimum Gasteiger partial charge on any atom is -0.508 e. The van der Waals surface area contributed by atoms with Crippen LogP contribution in [-0.2, 0) is 9.53 Å². The molecule has 1 rings (SSSR count). The Balaban J connectivity index is 0.00000196. The van der Waals surface area contributed by atoms with E-state index in [1.165, 1.54) is 13.2 Å². The van der Waals surface area contributed by atoms with Crippen molar-refractivity contribution in [3.63, 3.8) is 0 Å². The largest absolute Gasteiger partial charge is 0.508 e. The zero-order chi connectivity index (χ0) is 10.7. The molecule has 0 spiro atoms. The molecule has 0 heterocycles. The fraction of sp³-hybridized carbons (Fsp3) is 0.222. The van der Waals surface area contributed by atoms with Crippen molar-refractivity contribution in [1.82, 2.24) is 0 Å². The summed E-state index contributed by atoms with van der Waals surface area (Å²) in [7, 11) is 1.25. The second kappa shape index (κ2) is 5.95. The SMILES string of the molecule is COC(=O)[C@@H](N)c1ccc(Br)cc1O.Cl. The zero-order valence-corrected chi connectivity index (χ0v) is 10.3. The number of aromatic hydroxyl groups is 1. The molecule has 0 aliphatic heterocycles. The Morgan fingerprint density at radius 2 is 2.20 bits per heavy atom.